The molecule has 0 bridgehead atoms. The van der Waals surface area contributed by atoms with Gasteiger partial charge in [0.05, 0.1) is 13.0 Å². The fourth-order valence-corrected chi connectivity index (χ4v) is 2.22. The number of nitrogens with two attached hydrogens (primary N) is 1. The first-order valence-corrected chi connectivity index (χ1v) is 6.39. The summed E-state index contributed by atoms with van der Waals surface area (Å²) >= 11 is 3.21. The molecule has 0 unspecified atom stereocenters. The van der Waals surface area contributed by atoms with Crippen LogP contribution in [-0.2, 0) is 9.53 Å². The normalized spacial score (nSPS) is 12.3. The van der Waals surface area contributed by atoms with Gasteiger partial charge in [-0.1, -0.05) is 22.0 Å². The van der Waals surface area contributed by atoms with E-state index in [-0.39, 0.29) is 18.8 Å². The lowest BCUT2D eigenvalue weighted by Crippen LogP contribution is -2.19. The number of alkyl halides is 2. The van der Waals surface area contributed by atoms with Gasteiger partial charge in [-0.25, -0.2) is 0 Å². The molecule has 0 aliphatic carbocycles. The Bertz CT molecular complexity index is 443. The zero-order chi connectivity index (χ0) is 14.4. The topological polar surface area (TPSA) is 61.5 Å². The third-order valence-corrected chi connectivity index (χ3v) is 2.98. The molecule has 2 N–H and O–H groups in total. The van der Waals surface area contributed by atoms with Crippen molar-refractivity contribution in [1.29, 1.82) is 0 Å². The highest BCUT2D eigenvalue weighted by Gasteiger charge is 2.21. The molecule has 7 heteroatoms. The van der Waals surface area contributed by atoms with Gasteiger partial charge < -0.3 is 15.2 Å². The summed E-state index contributed by atoms with van der Waals surface area (Å²) in [5.41, 5.74) is 6.16. The number of halogens is 3. The highest BCUT2D eigenvalue weighted by molar-refractivity contribution is 9.10. The lowest BCUT2D eigenvalue weighted by molar-refractivity contribution is -0.143. The molecule has 0 aliphatic heterocycles. The summed E-state index contributed by atoms with van der Waals surface area (Å²) in [7, 11) is 0. The maximum absolute atomic E-state index is 12.3. The SMILES string of the molecule is CCOC(=O)C[C@H](N)c1c(Br)cccc1OC(F)F. The van der Waals surface area contributed by atoms with Crippen molar-refractivity contribution in [2.45, 2.75) is 26.0 Å². The van der Waals surface area contributed by atoms with Crippen LogP contribution < -0.4 is 10.5 Å². The zero-order valence-electron chi connectivity index (χ0n) is 10.2. The lowest BCUT2D eigenvalue weighted by Gasteiger charge is -2.17. The molecule has 19 heavy (non-hydrogen) atoms. The van der Waals surface area contributed by atoms with E-state index in [0.717, 1.165) is 0 Å². The molecule has 0 saturated heterocycles. The summed E-state index contributed by atoms with van der Waals surface area (Å²) in [6.07, 6.45) is -0.115. The van der Waals surface area contributed by atoms with Gasteiger partial charge in [-0.2, -0.15) is 8.78 Å². The summed E-state index contributed by atoms with van der Waals surface area (Å²) < 4.78 is 34.3. The molecule has 0 aliphatic rings. The van der Waals surface area contributed by atoms with E-state index in [1.165, 1.54) is 6.07 Å². The molecule has 0 aromatic heterocycles. The van der Waals surface area contributed by atoms with Crippen LogP contribution in [0.3, 0.4) is 0 Å². The summed E-state index contributed by atoms with van der Waals surface area (Å²) in [6, 6.07) is 3.77. The zero-order valence-corrected chi connectivity index (χ0v) is 11.8. The van der Waals surface area contributed by atoms with Crippen molar-refractivity contribution in [3.8, 4) is 5.75 Å². The Kier molecular flexibility index (Phi) is 6.17. The van der Waals surface area contributed by atoms with Crippen molar-refractivity contribution in [1.82, 2.24) is 0 Å². The average molecular weight is 338 g/mol. The van der Waals surface area contributed by atoms with Crippen LogP contribution in [0.15, 0.2) is 22.7 Å². The number of hydrogen-bond acceptors (Lipinski definition) is 4. The molecule has 0 amide bonds. The molecule has 0 radical (unpaired) electrons. The second kappa shape index (κ2) is 7.40. The van der Waals surface area contributed by atoms with Gasteiger partial charge in [-0.05, 0) is 19.1 Å². The molecule has 4 nitrogen and oxygen atoms in total. The highest BCUT2D eigenvalue weighted by Crippen LogP contribution is 2.33. The van der Waals surface area contributed by atoms with E-state index < -0.39 is 18.6 Å². The molecule has 0 saturated carbocycles. The number of esters is 1. The van der Waals surface area contributed by atoms with Gasteiger partial charge >= 0.3 is 12.6 Å². The molecule has 1 aromatic carbocycles. The summed E-state index contributed by atoms with van der Waals surface area (Å²) in [4.78, 5) is 11.4. The van der Waals surface area contributed by atoms with Crippen LogP contribution in [0.2, 0.25) is 0 Å². The van der Waals surface area contributed by atoms with Crippen molar-refractivity contribution in [2.24, 2.45) is 5.73 Å². The highest BCUT2D eigenvalue weighted by atomic mass is 79.9. The number of benzene rings is 1. The van der Waals surface area contributed by atoms with Gasteiger partial charge in [0.1, 0.15) is 5.75 Å². The fraction of sp³-hybridized carbons (Fsp3) is 0.417. The van der Waals surface area contributed by atoms with E-state index in [2.05, 4.69) is 20.7 Å². The second-order valence-corrected chi connectivity index (χ2v) is 4.50. The van der Waals surface area contributed by atoms with Crippen LogP contribution in [0.1, 0.15) is 24.9 Å². The van der Waals surface area contributed by atoms with E-state index in [1.54, 1.807) is 19.1 Å². The monoisotopic (exact) mass is 337 g/mol. The number of carbonyl (C=O) groups excluding carboxylic acids is 1. The first-order chi connectivity index (χ1) is 8.95. The fourth-order valence-electron chi connectivity index (χ4n) is 1.58. The van der Waals surface area contributed by atoms with E-state index in [0.29, 0.717) is 10.0 Å². The standard InChI is InChI=1S/C12H14BrF2NO3/c1-2-18-10(17)6-8(16)11-7(13)4-3-5-9(11)19-12(14)15/h3-5,8,12H,2,6,16H2,1H3/t8-/m0/s1. The number of ether oxygens (including phenoxy) is 2. The predicted molar refractivity (Wildman–Crippen MR) is 69.0 cm³/mol. The van der Waals surface area contributed by atoms with Crippen LogP contribution in [0, 0.1) is 0 Å². The van der Waals surface area contributed by atoms with Crippen molar-refractivity contribution in [3.05, 3.63) is 28.2 Å². The Hall–Kier alpha value is -1.21. The first kappa shape index (κ1) is 15.8. The van der Waals surface area contributed by atoms with Crippen LogP contribution in [-0.4, -0.2) is 19.2 Å². The molecule has 0 heterocycles. The Balaban J connectivity index is 2.93. The van der Waals surface area contributed by atoms with Crippen LogP contribution >= 0.6 is 15.9 Å². The quantitative estimate of drug-likeness (QED) is 0.810. The average Bonchev–Trinajstić information content (AvgIpc) is 2.27. The van der Waals surface area contributed by atoms with Crippen LogP contribution in [0.5, 0.6) is 5.75 Å². The van der Waals surface area contributed by atoms with Crippen molar-refractivity contribution >= 4 is 21.9 Å². The molecule has 1 atom stereocenters. The van der Waals surface area contributed by atoms with E-state index in [1.807, 2.05) is 0 Å². The van der Waals surface area contributed by atoms with Crippen LogP contribution in [0.4, 0.5) is 8.78 Å². The first-order valence-electron chi connectivity index (χ1n) is 5.60. The van der Waals surface area contributed by atoms with E-state index in [4.69, 9.17) is 10.5 Å². The smallest absolute Gasteiger partial charge is 0.387 e. The Morgan fingerprint density at radius 3 is 2.74 bits per heavy atom. The van der Waals surface area contributed by atoms with Crippen molar-refractivity contribution in [2.75, 3.05) is 6.61 Å². The predicted octanol–water partition coefficient (Wildman–Crippen LogP) is 3.00. The third kappa shape index (κ3) is 4.76. The minimum Gasteiger partial charge on any atom is -0.466 e. The van der Waals surface area contributed by atoms with Gasteiger partial charge in [0, 0.05) is 16.1 Å². The van der Waals surface area contributed by atoms with Gasteiger partial charge in [0.25, 0.3) is 0 Å². The number of rotatable bonds is 6. The van der Waals surface area contributed by atoms with Gasteiger partial charge in [0.2, 0.25) is 0 Å². The number of hydrogen-bond donors (Lipinski definition) is 1. The Morgan fingerprint density at radius 1 is 1.47 bits per heavy atom. The summed E-state index contributed by atoms with van der Waals surface area (Å²) in [5, 5.41) is 0. The Labute approximate surface area is 118 Å². The molecular formula is C12H14BrF2NO3. The van der Waals surface area contributed by atoms with Gasteiger partial charge in [0.15, 0.2) is 0 Å². The minimum absolute atomic E-state index is 0.0545. The van der Waals surface area contributed by atoms with E-state index in [9.17, 15) is 13.6 Å². The third-order valence-electron chi connectivity index (χ3n) is 2.29. The molecule has 1 aromatic rings. The lowest BCUT2D eigenvalue weighted by atomic mass is 10.0. The molecule has 1 rings (SSSR count). The summed E-state index contributed by atoms with van der Waals surface area (Å²) in [6.45, 7) is -1.04. The Morgan fingerprint density at radius 2 is 2.16 bits per heavy atom. The minimum atomic E-state index is -2.96. The molecule has 0 spiro atoms. The summed E-state index contributed by atoms with van der Waals surface area (Å²) in [5.74, 6) is -0.546. The molecular weight excluding hydrogens is 324 g/mol. The van der Waals surface area contributed by atoms with Crippen molar-refractivity contribution < 1.29 is 23.0 Å². The van der Waals surface area contributed by atoms with Gasteiger partial charge in [-0.3, -0.25) is 4.79 Å². The van der Waals surface area contributed by atoms with Crippen molar-refractivity contribution in [3.63, 3.8) is 0 Å². The number of carbonyl (C=O) groups is 1. The molecule has 0 fully saturated rings. The largest absolute Gasteiger partial charge is 0.466 e. The van der Waals surface area contributed by atoms with Crippen LogP contribution in [0.25, 0.3) is 0 Å². The molecule has 106 valence electrons. The maximum atomic E-state index is 12.3. The maximum Gasteiger partial charge on any atom is 0.387 e. The second-order valence-electron chi connectivity index (χ2n) is 3.65. The van der Waals surface area contributed by atoms with E-state index >= 15 is 0 Å². The van der Waals surface area contributed by atoms with Gasteiger partial charge in [-0.15, -0.1) is 0 Å².